The number of nitrogens with zero attached hydrogens (tertiary/aromatic N) is 3. The van der Waals surface area contributed by atoms with Crippen molar-refractivity contribution < 1.29 is 4.79 Å². The molecule has 18 heavy (non-hydrogen) atoms. The first kappa shape index (κ1) is 10.5. The number of ketones is 1. The van der Waals surface area contributed by atoms with Crippen LogP contribution >= 0.6 is 0 Å². The van der Waals surface area contributed by atoms with E-state index in [1.807, 2.05) is 24.3 Å². The Morgan fingerprint density at radius 3 is 2.39 bits per heavy atom. The molecule has 86 valence electrons. The van der Waals surface area contributed by atoms with Gasteiger partial charge in [0.1, 0.15) is 11.4 Å². The van der Waals surface area contributed by atoms with Crippen molar-refractivity contribution in [2.45, 2.75) is 0 Å². The summed E-state index contributed by atoms with van der Waals surface area (Å²) in [5.41, 5.74) is 2.17. The van der Waals surface area contributed by atoms with Crippen LogP contribution in [0, 0.1) is 0 Å². The van der Waals surface area contributed by atoms with Crippen molar-refractivity contribution in [2.24, 2.45) is 0 Å². The SMILES string of the molecule is O=C(c1ccccn1)c1cnc2ccccc2n1. The highest BCUT2D eigenvalue weighted by Gasteiger charge is 2.12. The van der Waals surface area contributed by atoms with E-state index in [1.165, 1.54) is 6.20 Å². The molecule has 0 amide bonds. The van der Waals surface area contributed by atoms with Crippen LogP contribution in [0.2, 0.25) is 0 Å². The number of pyridine rings is 1. The molecule has 3 rings (SSSR count). The van der Waals surface area contributed by atoms with Crippen molar-refractivity contribution in [3.63, 3.8) is 0 Å². The van der Waals surface area contributed by atoms with Crippen LogP contribution in [0.5, 0.6) is 0 Å². The Morgan fingerprint density at radius 2 is 1.61 bits per heavy atom. The molecule has 0 aliphatic carbocycles. The molecule has 0 atom stereocenters. The summed E-state index contributed by atoms with van der Waals surface area (Å²) in [7, 11) is 0. The molecule has 0 aliphatic heterocycles. The first-order valence-electron chi connectivity index (χ1n) is 5.52. The number of hydrogen-bond acceptors (Lipinski definition) is 4. The Bertz CT molecular complexity index is 710. The third kappa shape index (κ3) is 1.84. The minimum Gasteiger partial charge on any atom is -0.285 e. The van der Waals surface area contributed by atoms with Crippen LogP contribution in [-0.4, -0.2) is 20.7 Å². The Balaban J connectivity index is 2.07. The fourth-order valence-electron chi connectivity index (χ4n) is 1.69. The second-order valence-corrected chi connectivity index (χ2v) is 3.79. The lowest BCUT2D eigenvalue weighted by atomic mass is 10.2. The molecular weight excluding hydrogens is 226 g/mol. The van der Waals surface area contributed by atoms with Crippen LogP contribution < -0.4 is 0 Å². The normalized spacial score (nSPS) is 10.4. The van der Waals surface area contributed by atoms with Gasteiger partial charge in [0.15, 0.2) is 0 Å². The summed E-state index contributed by atoms with van der Waals surface area (Å²) < 4.78 is 0. The molecule has 0 aliphatic rings. The summed E-state index contributed by atoms with van der Waals surface area (Å²) in [5, 5.41) is 0. The molecule has 0 saturated carbocycles. The third-order valence-electron chi connectivity index (χ3n) is 2.58. The number of para-hydroxylation sites is 2. The van der Waals surface area contributed by atoms with E-state index in [4.69, 9.17) is 0 Å². The van der Waals surface area contributed by atoms with Crippen molar-refractivity contribution in [2.75, 3.05) is 0 Å². The van der Waals surface area contributed by atoms with E-state index < -0.39 is 0 Å². The molecule has 0 unspecified atom stereocenters. The summed E-state index contributed by atoms with van der Waals surface area (Å²) in [6.45, 7) is 0. The van der Waals surface area contributed by atoms with Gasteiger partial charge in [-0.05, 0) is 24.3 Å². The van der Waals surface area contributed by atoms with Gasteiger partial charge in [-0.25, -0.2) is 4.98 Å². The molecule has 0 bridgehead atoms. The van der Waals surface area contributed by atoms with Gasteiger partial charge < -0.3 is 0 Å². The van der Waals surface area contributed by atoms with Crippen LogP contribution in [0.4, 0.5) is 0 Å². The highest BCUT2D eigenvalue weighted by Crippen LogP contribution is 2.10. The molecule has 3 aromatic rings. The lowest BCUT2D eigenvalue weighted by molar-refractivity contribution is 0.103. The highest BCUT2D eigenvalue weighted by atomic mass is 16.1. The first-order chi connectivity index (χ1) is 8.84. The van der Waals surface area contributed by atoms with E-state index in [0.29, 0.717) is 16.9 Å². The summed E-state index contributed by atoms with van der Waals surface area (Å²) in [6.07, 6.45) is 3.07. The standard InChI is InChI=1S/C14H9N3O/c18-14(12-7-3-4-8-15-12)13-9-16-10-5-1-2-6-11(10)17-13/h1-9H. The van der Waals surface area contributed by atoms with Gasteiger partial charge in [0.2, 0.25) is 5.78 Å². The number of aromatic nitrogens is 3. The number of hydrogen-bond donors (Lipinski definition) is 0. The highest BCUT2D eigenvalue weighted by molar-refractivity contribution is 6.06. The zero-order valence-corrected chi connectivity index (χ0v) is 9.45. The fourth-order valence-corrected chi connectivity index (χ4v) is 1.69. The van der Waals surface area contributed by atoms with Gasteiger partial charge in [0.05, 0.1) is 17.2 Å². The molecule has 2 heterocycles. The zero-order chi connectivity index (χ0) is 12.4. The van der Waals surface area contributed by atoms with Gasteiger partial charge in [0.25, 0.3) is 0 Å². The third-order valence-corrected chi connectivity index (χ3v) is 2.58. The number of rotatable bonds is 2. The van der Waals surface area contributed by atoms with E-state index in [9.17, 15) is 4.79 Å². The van der Waals surface area contributed by atoms with Crippen molar-refractivity contribution in [3.05, 3.63) is 66.2 Å². The van der Waals surface area contributed by atoms with Crippen LogP contribution in [-0.2, 0) is 0 Å². The van der Waals surface area contributed by atoms with Crippen LogP contribution in [0.3, 0.4) is 0 Å². The Kier molecular flexibility index (Phi) is 2.53. The van der Waals surface area contributed by atoms with Gasteiger partial charge in [-0.3, -0.25) is 14.8 Å². The summed E-state index contributed by atoms with van der Waals surface area (Å²) >= 11 is 0. The number of carbonyl (C=O) groups is 1. The molecule has 4 heteroatoms. The van der Waals surface area contributed by atoms with Crippen molar-refractivity contribution in [1.29, 1.82) is 0 Å². The molecule has 0 N–H and O–H groups in total. The van der Waals surface area contributed by atoms with Gasteiger partial charge in [-0.1, -0.05) is 18.2 Å². The van der Waals surface area contributed by atoms with Gasteiger partial charge in [0, 0.05) is 6.20 Å². The van der Waals surface area contributed by atoms with Crippen molar-refractivity contribution in [1.82, 2.24) is 15.0 Å². The van der Waals surface area contributed by atoms with Crippen molar-refractivity contribution >= 4 is 16.8 Å². The topological polar surface area (TPSA) is 55.7 Å². The summed E-state index contributed by atoms with van der Waals surface area (Å²) in [5.74, 6) is -0.214. The average molecular weight is 235 g/mol. The lowest BCUT2D eigenvalue weighted by Gasteiger charge is -2.01. The van der Waals surface area contributed by atoms with E-state index in [2.05, 4.69) is 15.0 Å². The average Bonchev–Trinajstić information content (AvgIpc) is 2.47. The number of fused-ring (bicyclic) bond motifs is 1. The Morgan fingerprint density at radius 1 is 0.833 bits per heavy atom. The van der Waals surface area contributed by atoms with E-state index >= 15 is 0 Å². The molecular formula is C14H9N3O. The maximum atomic E-state index is 12.1. The molecule has 4 nitrogen and oxygen atoms in total. The second-order valence-electron chi connectivity index (χ2n) is 3.79. The van der Waals surface area contributed by atoms with Crippen LogP contribution in [0.1, 0.15) is 16.2 Å². The Labute approximate surface area is 103 Å². The molecule has 1 aromatic carbocycles. The van der Waals surface area contributed by atoms with E-state index in [-0.39, 0.29) is 5.78 Å². The Hall–Kier alpha value is -2.62. The lowest BCUT2D eigenvalue weighted by Crippen LogP contribution is -2.06. The summed E-state index contributed by atoms with van der Waals surface area (Å²) in [4.78, 5) is 24.7. The second kappa shape index (κ2) is 4.33. The van der Waals surface area contributed by atoms with E-state index in [0.717, 1.165) is 5.52 Å². The summed E-state index contributed by atoms with van der Waals surface area (Å²) in [6, 6.07) is 12.6. The predicted octanol–water partition coefficient (Wildman–Crippen LogP) is 2.26. The van der Waals surface area contributed by atoms with Gasteiger partial charge in [-0.15, -0.1) is 0 Å². The fraction of sp³-hybridized carbons (Fsp3) is 0. The van der Waals surface area contributed by atoms with Crippen LogP contribution in [0.25, 0.3) is 11.0 Å². The predicted molar refractivity (Wildman–Crippen MR) is 67.2 cm³/mol. The maximum absolute atomic E-state index is 12.1. The zero-order valence-electron chi connectivity index (χ0n) is 9.45. The van der Waals surface area contributed by atoms with Gasteiger partial charge >= 0.3 is 0 Å². The van der Waals surface area contributed by atoms with Crippen molar-refractivity contribution in [3.8, 4) is 0 Å². The number of carbonyl (C=O) groups excluding carboxylic acids is 1. The quantitative estimate of drug-likeness (QED) is 0.639. The van der Waals surface area contributed by atoms with Gasteiger partial charge in [-0.2, -0.15) is 0 Å². The molecule has 0 radical (unpaired) electrons. The molecule has 0 fully saturated rings. The monoisotopic (exact) mass is 235 g/mol. The molecule has 2 aromatic heterocycles. The minimum atomic E-state index is -0.214. The van der Waals surface area contributed by atoms with Crippen LogP contribution in [0.15, 0.2) is 54.9 Å². The number of benzene rings is 1. The minimum absolute atomic E-state index is 0.214. The maximum Gasteiger partial charge on any atom is 0.231 e. The molecule has 0 saturated heterocycles. The largest absolute Gasteiger partial charge is 0.285 e. The first-order valence-corrected chi connectivity index (χ1v) is 5.52. The molecule has 0 spiro atoms. The van der Waals surface area contributed by atoms with E-state index in [1.54, 1.807) is 24.4 Å². The smallest absolute Gasteiger partial charge is 0.231 e.